The van der Waals surface area contributed by atoms with Crippen LogP contribution in [-0.4, -0.2) is 0 Å². The highest BCUT2D eigenvalue weighted by Gasteiger charge is 2.22. The number of benzene rings is 2. The van der Waals surface area contributed by atoms with Crippen molar-refractivity contribution >= 4 is 6.08 Å². The van der Waals surface area contributed by atoms with Gasteiger partial charge in [-0.2, -0.15) is 0 Å². The van der Waals surface area contributed by atoms with Crippen molar-refractivity contribution in [2.45, 2.75) is 76.5 Å². The molecule has 0 aromatic heterocycles. The Hall–Kier alpha value is -1.89. The van der Waals surface area contributed by atoms with Crippen LogP contribution < -0.4 is 0 Å². The Labute approximate surface area is 176 Å². The topological polar surface area (TPSA) is 0 Å². The van der Waals surface area contributed by atoms with Gasteiger partial charge >= 0.3 is 0 Å². The van der Waals surface area contributed by atoms with Crippen LogP contribution >= 0.6 is 0 Å². The van der Waals surface area contributed by atoms with E-state index in [0.29, 0.717) is 11.8 Å². The second-order valence-corrected chi connectivity index (χ2v) is 9.31. The first-order valence-corrected chi connectivity index (χ1v) is 11.7. The standard InChI is InChI=1S/C28H35F/c1-2-21-5-11-24(12-6-21)25-13-7-22(8-14-25)3-4-23-9-15-26(16-10-23)27-17-19-28(29)20-18-27/h3-4,7-8,13-14,17-21,23-24,26H,2,5-6,9-12,15-16H2,1H3/t21-,23-,24-,26-. The minimum atomic E-state index is -0.134. The normalized spacial score (nSPS) is 27.9. The zero-order valence-electron chi connectivity index (χ0n) is 17.8. The fourth-order valence-corrected chi connectivity index (χ4v) is 5.41. The minimum Gasteiger partial charge on any atom is -0.207 e. The summed E-state index contributed by atoms with van der Waals surface area (Å²) >= 11 is 0. The molecule has 0 spiro atoms. The van der Waals surface area contributed by atoms with Crippen LogP contribution in [0.4, 0.5) is 4.39 Å². The molecule has 0 unspecified atom stereocenters. The number of hydrogen-bond acceptors (Lipinski definition) is 0. The second-order valence-electron chi connectivity index (χ2n) is 9.31. The van der Waals surface area contributed by atoms with Crippen LogP contribution in [0.3, 0.4) is 0 Å². The van der Waals surface area contributed by atoms with Crippen molar-refractivity contribution in [1.29, 1.82) is 0 Å². The molecule has 2 fully saturated rings. The van der Waals surface area contributed by atoms with Gasteiger partial charge in [0.15, 0.2) is 0 Å². The summed E-state index contributed by atoms with van der Waals surface area (Å²) in [5, 5.41) is 0. The Morgan fingerprint density at radius 1 is 0.724 bits per heavy atom. The number of hydrogen-bond donors (Lipinski definition) is 0. The van der Waals surface area contributed by atoms with Crippen LogP contribution in [0.2, 0.25) is 0 Å². The van der Waals surface area contributed by atoms with Crippen LogP contribution in [0.1, 0.15) is 93.2 Å². The van der Waals surface area contributed by atoms with Crippen molar-refractivity contribution in [2.24, 2.45) is 11.8 Å². The molecule has 2 aromatic rings. The first-order valence-electron chi connectivity index (χ1n) is 11.7. The van der Waals surface area contributed by atoms with E-state index in [0.717, 1.165) is 11.8 Å². The number of allylic oxidation sites excluding steroid dienone is 1. The Morgan fingerprint density at radius 3 is 1.79 bits per heavy atom. The molecule has 0 radical (unpaired) electrons. The van der Waals surface area contributed by atoms with Crippen LogP contribution in [0.15, 0.2) is 54.6 Å². The van der Waals surface area contributed by atoms with Crippen LogP contribution in [0, 0.1) is 17.7 Å². The smallest absolute Gasteiger partial charge is 0.123 e. The fourth-order valence-electron chi connectivity index (χ4n) is 5.41. The van der Waals surface area contributed by atoms with E-state index in [1.54, 1.807) is 12.1 Å². The van der Waals surface area contributed by atoms with Crippen LogP contribution in [0.25, 0.3) is 6.08 Å². The van der Waals surface area contributed by atoms with Gasteiger partial charge in [0.2, 0.25) is 0 Å². The zero-order chi connectivity index (χ0) is 20.1. The summed E-state index contributed by atoms with van der Waals surface area (Å²) in [6.07, 6.45) is 16.5. The third-order valence-corrected chi connectivity index (χ3v) is 7.51. The first-order chi connectivity index (χ1) is 14.2. The fraction of sp³-hybridized carbons (Fsp3) is 0.500. The molecule has 2 saturated carbocycles. The Balaban J connectivity index is 1.27. The third-order valence-electron chi connectivity index (χ3n) is 7.51. The molecule has 29 heavy (non-hydrogen) atoms. The molecule has 0 atom stereocenters. The van der Waals surface area contributed by atoms with Crippen molar-refractivity contribution in [3.8, 4) is 0 Å². The van der Waals surface area contributed by atoms with E-state index < -0.39 is 0 Å². The van der Waals surface area contributed by atoms with Gasteiger partial charge in [-0.25, -0.2) is 4.39 Å². The molecule has 0 saturated heterocycles. The van der Waals surface area contributed by atoms with Gasteiger partial charge in [0, 0.05) is 0 Å². The summed E-state index contributed by atoms with van der Waals surface area (Å²) < 4.78 is 13.1. The molecular formula is C28H35F. The van der Waals surface area contributed by atoms with E-state index in [-0.39, 0.29) is 5.82 Å². The lowest BCUT2D eigenvalue weighted by Crippen LogP contribution is -2.12. The lowest BCUT2D eigenvalue weighted by atomic mass is 9.77. The molecule has 0 amide bonds. The first kappa shape index (κ1) is 20.4. The maximum absolute atomic E-state index is 13.1. The molecule has 0 nitrogen and oxygen atoms in total. The summed E-state index contributed by atoms with van der Waals surface area (Å²) in [5.41, 5.74) is 4.17. The second kappa shape index (κ2) is 9.74. The van der Waals surface area contributed by atoms with Gasteiger partial charge in [0.25, 0.3) is 0 Å². The highest BCUT2D eigenvalue weighted by atomic mass is 19.1. The highest BCUT2D eigenvalue weighted by molar-refractivity contribution is 5.50. The molecule has 0 N–H and O–H groups in total. The van der Waals surface area contributed by atoms with Crippen molar-refractivity contribution in [1.82, 2.24) is 0 Å². The van der Waals surface area contributed by atoms with Crippen molar-refractivity contribution in [2.75, 3.05) is 0 Å². The molecule has 0 bridgehead atoms. The van der Waals surface area contributed by atoms with Crippen LogP contribution in [-0.2, 0) is 0 Å². The molecule has 4 rings (SSSR count). The van der Waals surface area contributed by atoms with Crippen molar-refractivity contribution in [3.63, 3.8) is 0 Å². The van der Waals surface area contributed by atoms with Gasteiger partial charge < -0.3 is 0 Å². The molecule has 2 aromatic carbocycles. The molecule has 0 aliphatic heterocycles. The van der Waals surface area contributed by atoms with Gasteiger partial charge in [-0.05, 0) is 104 Å². The lowest BCUT2D eigenvalue weighted by molar-refractivity contribution is 0.319. The average molecular weight is 391 g/mol. The van der Waals surface area contributed by atoms with E-state index in [1.165, 1.54) is 74.5 Å². The predicted octanol–water partition coefficient (Wildman–Crippen LogP) is 8.50. The van der Waals surface area contributed by atoms with Crippen molar-refractivity contribution in [3.05, 3.63) is 77.1 Å². The number of rotatable bonds is 5. The van der Waals surface area contributed by atoms with Gasteiger partial charge in [0.1, 0.15) is 5.82 Å². The van der Waals surface area contributed by atoms with E-state index >= 15 is 0 Å². The Kier molecular flexibility index (Phi) is 6.85. The zero-order valence-corrected chi connectivity index (χ0v) is 17.8. The third kappa shape index (κ3) is 5.38. The molecule has 2 aliphatic carbocycles. The highest BCUT2D eigenvalue weighted by Crippen LogP contribution is 2.38. The SMILES string of the molecule is CC[C@H]1CC[C@H](c2ccc(C=C[C@H]3CC[C@H](c4ccc(F)cc4)CC3)cc2)CC1. The molecule has 1 heteroatoms. The van der Waals surface area contributed by atoms with Gasteiger partial charge in [0.05, 0.1) is 0 Å². The monoisotopic (exact) mass is 390 g/mol. The van der Waals surface area contributed by atoms with Gasteiger partial charge in [-0.15, -0.1) is 0 Å². The minimum absolute atomic E-state index is 0.134. The average Bonchev–Trinajstić information content (AvgIpc) is 2.79. The lowest BCUT2D eigenvalue weighted by Gasteiger charge is -2.28. The summed E-state index contributed by atoms with van der Waals surface area (Å²) in [7, 11) is 0. The maximum Gasteiger partial charge on any atom is 0.123 e. The maximum atomic E-state index is 13.1. The van der Waals surface area contributed by atoms with E-state index in [9.17, 15) is 4.39 Å². The summed E-state index contributed by atoms with van der Waals surface area (Å²) in [5.74, 6) is 2.88. The van der Waals surface area contributed by atoms with E-state index in [4.69, 9.17) is 0 Å². The molecule has 0 heterocycles. The number of halogens is 1. The summed E-state index contributed by atoms with van der Waals surface area (Å²) in [4.78, 5) is 0. The van der Waals surface area contributed by atoms with E-state index in [1.807, 2.05) is 12.1 Å². The Bertz CT molecular complexity index is 770. The Morgan fingerprint density at radius 2 is 1.24 bits per heavy atom. The predicted molar refractivity (Wildman–Crippen MR) is 122 cm³/mol. The van der Waals surface area contributed by atoms with Gasteiger partial charge in [-0.1, -0.05) is 61.9 Å². The summed E-state index contributed by atoms with van der Waals surface area (Å²) in [6, 6.07) is 16.5. The molecule has 154 valence electrons. The largest absolute Gasteiger partial charge is 0.207 e. The summed E-state index contributed by atoms with van der Waals surface area (Å²) in [6.45, 7) is 2.33. The van der Waals surface area contributed by atoms with Crippen LogP contribution in [0.5, 0.6) is 0 Å². The van der Waals surface area contributed by atoms with Gasteiger partial charge in [-0.3, -0.25) is 0 Å². The molecule has 2 aliphatic rings. The van der Waals surface area contributed by atoms with E-state index in [2.05, 4.69) is 43.3 Å². The van der Waals surface area contributed by atoms with Crippen molar-refractivity contribution < 1.29 is 4.39 Å². The molecular weight excluding hydrogens is 355 g/mol. The quantitative estimate of drug-likeness (QED) is 0.480.